The van der Waals surface area contributed by atoms with Crippen molar-refractivity contribution < 1.29 is 5.11 Å². The van der Waals surface area contributed by atoms with Crippen molar-refractivity contribution >= 4 is 17.3 Å². The lowest BCUT2D eigenvalue weighted by Crippen LogP contribution is -2.38. The Bertz CT molecular complexity index is 409. The van der Waals surface area contributed by atoms with Gasteiger partial charge in [-0.05, 0) is 33.0 Å². The number of benzene rings is 1. The van der Waals surface area contributed by atoms with Crippen molar-refractivity contribution in [3.63, 3.8) is 0 Å². The Hall–Kier alpha value is -0.770. The van der Waals surface area contributed by atoms with Crippen molar-refractivity contribution in [2.24, 2.45) is 0 Å². The molecule has 1 saturated heterocycles. The summed E-state index contributed by atoms with van der Waals surface area (Å²) in [5.41, 5.74) is 1.94. The molecule has 1 aliphatic heterocycles. The van der Waals surface area contributed by atoms with Crippen LogP contribution in [0.25, 0.3) is 0 Å². The molecule has 18 heavy (non-hydrogen) atoms. The van der Waals surface area contributed by atoms with Gasteiger partial charge < -0.3 is 14.9 Å². The van der Waals surface area contributed by atoms with E-state index in [0.717, 1.165) is 29.4 Å². The van der Waals surface area contributed by atoms with Crippen molar-refractivity contribution in [2.75, 3.05) is 32.1 Å². The van der Waals surface area contributed by atoms with Crippen LogP contribution in [-0.4, -0.2) is 43.2 Å². The summed E-state index contributed by atoms with van der Waals surface area (Å²) in [7, 11) is 4.19. The maximum atomic E-state index is 9.48. The minimum Gasteiger partial charge on any atom is -0.392 e. The SMILES string of the molecule is CN(C)CC1CCCN1c1c(Cl)cccc1CO. The lowest BCUT2D eigenvalue weighted by molar-refractivity contribution is 0.281. The number of aliphatic hydroxyl groups excluding tert-OH is 1. The molecule has 2 rings (SSSR count). The van der Waals surface area contributed by atoms with Crippen molar-refractivity contribution in [3.05, 3.63) is 28.8 Å². The van der Waals surface area contributed by atoms with Gasteiger partial charge in [-0.1, -0.05) is 23.7 Å². The molecule has 0 amide bonds. The molecule has 0 bridgehead atoms. The zero-order valence-corrected chi connectivity index (χ0v) is 11.8. The van der Waals surface area contributed by atoms with E-state index in [-0.39, 0.29) is 6.61 Å². The fraction of sp³-hybridized carbons (Fsp3) is 0.571. The smallest absolute Gasteiger partial charge is 0.0702 e. The van der Waals surface area contributed by atoms with Crippen LogP contribution in [-0.2, 0) is 6.61 Å². The molecular weight excluding hydrogens is 248 g/mol. The maximum Gasteiger partial charge on any atom is 0.0702 e. The third-order valence-corrected chi connectivity index (χ3v) is 3.79. The Kier molecular flexibility index (Phi) is 4.49. The molecule has 1 unspecified atom stereocenters. The van der Waals surface area contributed by atoms with E-state index in [0.29, 0.717) is 6.04 Å². The van der Waals surface area contributed by atoms with Gasteiger partial charge in [-0.2, -0.15) is 0 Å². The molecule has 0 aromatic heterocycles. The van der Waals surface area contributed by atoms with E-state index in [2.05, 4.69) is 23.9 Å². The number of halogens is 1. The maximum absolute atomic E-state index is 9.48. The minimum absolute atomic E-state index is 0.0427. The van der Waals surface area contributed by atoms with Crippen molar-refractivity contribution in [1.29, 1.82) is 0 Å². The average Bonchev–Trinajstić information content (AvgIpc) is 2.75. The van der Waals surface area contributed by atoms with E-state index in [4.69, 9.17) is 11.6 Å². The third kappa shape index (κ3) is 2.79. The van der Waals surface area contributed by atoms with Gasteiger partial charge in [-0.15, -0.1) is 0 Å². The summed E-state index contributed by atoms with van der Waals surface area (Å²) in [4.78, 5) is 4.56. The van der Waals surface area contributed by atoms with Crippen LogP contribution in [0.2, 0.25) is 5.02 Å². The number of hydrogen-bond donors (Lipinski definition) is 1. The second-order valence-corrected chi connectivity index (χ2v) is 5.56. The van der Waals surface area contributed by atoms with Crippen LogP contribution in [0.5, 0.6) is 0 Å². The van der Waals surface area contributed by atoms with Crippen LogP contribution in [0.3, 0.4) is 0 Å². The standard InChI is InChI=1S/C14H21ClN2O/c1-16(2)9-12-6-4-8-17(12)14-11(10-18)5-3-7-13(14)15/h3,5,7,12,18H,4,6,8-10H2,1-2H3. The van der Waals surface area contributed by atoms with Gasteiger partial charge in [0.1, 0.15) is 0 Å². The predicted molar refractivity (Wildman–Crippen MR) is 76.3 cm³/mol. The normalized spacial score (nSPS) is 19.8. The fourth-order valence-corrected chi connectivity index (χ4v) is 3.05. The first-order valence-corrected chi connectivity index (χ1v) is 6.81. The Labute approximate surface area is 114 Å². The molecule has 3 nitrogen and oxygen atoms in total. The highest BCUT2D eigenvalue weighted by Crippen LogP contribution is 2.35. The summed E-state index contributed by atoms with van der Waals surface area (Å²) < 4.78 is 0. The number of para-hydroxylation sites is 1. The number of rotatable bonds is 4. The van der Waals surface area contributed by atoms with Crippen LogP contribution < -0.4 is 4.90 Å². The number of nitrogens with zero attached hydrogens (tertiary/aromatic N) is 2. The molecule has 100 valence electrons. The highest BCUT2D eigenvalue weighted by molar-refractivity contribution is 6.33. The van der Waals surface area contributed by atoms with Crippen LogP contribution in [0.15, 0.2) is 18.2 Å². The van der Waals surface area contributed by atoms with Gasteiger partial charge in [-0.25, -0.2) is 0 Å². The lowest BCUT2D eigenvalue weighted by atomic mass is 10.1. The Morgan fingerprint density at radius 1 is 1.44 bits per heavy atom. The third-order valence-electron chi connectivity index (χ3n) is 3.48. The molecule has 4 heteroatoms. The zero-order valence-electron chi connectivity index (χ0n) is 11.1. The Morgan fingerprint density at radius 2 is 2.22 bits per heavy atom. The van der Waals surface area contributed by atoms with E-state index in [1.54, 1.807) is 0 Å². The minimum atomic E-state index is 0.0427. The van der Waals surface area contributed by atoms with Gasteiger partial charge in [0, 0.05) is 24.7 Å². The topological polar surface area (TPSA) is 26.7 Å². The number of anilines is 1. The molecule has 1 heterocycles. The molecular formula is C14H21ClN2O. The second kappa shape index (κ2) is 5.91. The second-order valence-electron chi connectivity index (χ2n) is 5.16. The van der Waals surface area contributed by atoms with E-state index in [1.165, 1.54) is 12.8 Å². The van der Waals surface area contributed by atoms with E-state index < -0.39 is 0 Å². The van der Waals surface area contributed by atoms with Crippen molar-refractivity contribution in [3.8, 4) is 0 Å². The molecule has 0 aliphatic carbocycles. The van der Waals surface area contributed by atoms with Crippen LogP contribution in [0, 0.1) is 0 Å². The number of likely N-dealkylation sites (N-methyl/N-ethyl adjacent to an activating group) is 1. The fourth-order valence-electron chi connectivity index (χ4n) is 2.75. The van der Waals surface area contributed by atoms with Gasteiger partial charge in [0.15, 0.2) is 0 Å². The van der Waals surface area contributed by atoms with Crippen molar-refractivity contribution in [2.45, 2.75) is 25.5 Å². The Morgan fingerprint density at radius 3 is 2.89 bits per heavy atom. The molecule has 0 radical (unpaired) electrons. The van der Waals surface area contributed by atoms with Crippen LogP contribution in [0.1, 0.15) is 18.4 Å². The molecule has 1 aromatic rings. The lowest BCUT2D eigenvalue weighted by Gasteiger charge is -2.31. The summed E-state index contributed by atoms with van der Waals surface area (Å²) in [6.45, 7) is 2.09. The molecule has 0 spiro atoms. The Balaban J connectivity index is 2.29. The first kappa shape index (κ1) is 13.7. The molecule has 1 aliphatic rings. The number of hydrogen-bond acceptors (Lipinski definition) is 3. The summed E-state index contributed by atoms with van der Waals surface area (Å²) in [6, 6.07) is 6.24. The molecule has 0 saturated carbocycles. The van der Waals surface area contributed by atoms with Crippen molar-refractivity contribution in [1.82, 2.24) is 4.90 Å². The zero-order chi connectivity index (χ0) is 13.1. The van der Waals surface area contributed by atoms with Gasteiger partial charge in [0.25, 0.3) is 0 Å². The van der Waals surface area contributed by atoms with Gasteiger partial charge in [0.2, 0.25) is 0 Å². The van der Waals surface area contributed by atoms with Crippen LogP contribution >= 0.6 is 11.6 Å². The van der Waals surface area contributed by atoms with E-state index in [1.807, 2.05) is 18.2 Å². The van der Waals surface area contributed by atoms with Gasteiger partial charge in [0.05, 0.1) is 17.3 Å². The summed E-state index contributed by atoms with van der Waals surface area (Å²) in [5.74, 6) is 0. The first-order chi connectivity index (χ1) is 8.63. The monoisotopic (exact) mass is 268 g/mol. The molecule has 1 atom stereocenters. The highest BCUT2D eigenvalue weighted by Gasteiger charge is 2.28. The molecule has 1 N–H and O–H groups in total. The van der Waals surface area contributed by atoms with Gasteiger partial charge >= 0.3 is 0 Å². The predicted octanol–water partition coefficient (Wildman–Crippen LogP) is 2.36. The number of aliphatic hydroxyl groups is 1. The summed E-state index contributed by atoms with van der Waals surface area (Å²) in [6.07, 6.45) is 2.38. The van der Waals surface area contributed by atoms with Crippen LogP contribution in [0.4, 0.5) is 5.69 Å². The molecule has 1 aromatic carbocycles. The largest absolute Gasteiger partial charge is 0.392 e. The quantitative estimate of drug-likeness (QED) is 0.908. The van der Waals surface area contributed by atoms with Gasteiger partial charge in [-0.3, -0.25) is 0 Å². The first-order valence-electron chi connectivity index (χ1n) is 6.43. The average molecular weight is 269 g/mol. The highest BCUT2D eigenvalue weighted by atomic mass is 35.5. The van der Waals surface area contributed by atoms with E-state index in [9.17, 15) is 5.11 Å². The summed E-state index contributed by atoms with van der Waals surface area (Å²) >= 11 is 6.32. The molecule has 1 fully saturated rings. The van der Waals surface area contributed by atoms with E-state index >= 15 is 0 Å². The summed E-state index contributed by atoms with van der Waals surface area (Å²) in [5, 5.41) is 10.2.